The molecule has 1 aliphatic rings. The van der Waals surface area contributed by atoms with Crippen molar-refractivity contribution in [2.75, 3.05) is 0 Å². The number of benzene rings is 1. The number of nitrogens with one attached hydrogen (secondary N) is 1. The molecule has 22 heavy (non-hydrogen) atoms. The van der Waals surface area contributed by atoms with Crippen molar-refractivity contribution in [3.63, 3.8) is 0 Å². The maximum atomic E-state index is 12.2. The molecule has 1 unspecified atom stereocenters. The van der Waals surface area contributed by atoms with Crippen molar-refractivity contribution < 1.29 is 4.79 Å². The minimum absolute atomic E-state index is 0.132. The van der Waals surface area contributed by atoms with Crippen LogP contribution in [-0.4, -0.2) is 11.9 Å². The highest BCUT2D eigenvalue weighted by atomic mass is 35.5. The maximum absolute atomic E-state index is 12.2. The Kier molecular flexibility index (Phi) is 5.72. The second-order valence-electron chi connectivity index (χ2n) is 6.26. The third-order valence-corrected chi connectivity index (χ3v) is 5.08. The molecule has 0 aliphatic heterocycles. The van der Waals surface area contributed by atoms with Crippen molar-refractivity contribution in [3.8, 4) is 6.07 Å². The van der Waals surface area contributed by atoms with Gasteiger partial charge in [0.05, 0.1) is 12.5 Å². The summed E-state index contributed by atoms with van der Waals surface area (Å²) in [6.07, 6.45) is 5.56. The topological polar surface area (TPSA) is 52.9 Å². The molecule has 1 N–H and O–H groups in total. The molecule has 1 aromatic carbocycles. The molecule has 5 heteroatoms. The highest BCUT2D eigenvalue weighted by Crippen LogP contribution is 2.38. The van der Waals surface area contributed by atoms with Gasteiger partial charge in [0.2, 0.25) is 5.91 Å². The third-order valence-electron chi connectivity index (χ3n) is 4.49. The number of amides is 1. The molecule has 0 spiro atoms. The highest BCUT2D eigenvalue weighted by molar-refractivity contribution is 6.35. The van der Waals surface area contributed by atoms with Crippen LogP contribution in [0.1, 0.15) is 44.6 Å². The number of carbonyl (C=O) groups excluding carboxylic acids is 1. The molecule has 0 aromatic heterocycles. The van der Waals surface area contributed by atoms with Crippen LogP contribution in [0, 0.1) is 16.7 Å². The van der Waals surface area contributed by atoms with Gasteiger partial charge in [-0.3, -0.25) is 4.79 Å². The summed E-state index contributed by atoms with van der Waals surface area (Å²) >= 11 is 11.9. The van der Waals surface area contributed by atoms with Crippen molar-refractivity contribution in [1.29, 1.82) is 5.26 Å². The van der Waals surface area contributed by atoms with Crippen LogP contribution < -0.4 is 5.32 Å². The molecule has 0 bridgehead atoms. The zero-order valence-corrected chi connectivity index (χ0v) is 14.2. The van der Waals surface area contributed by atoms with Crippen LogP contribution in [0.25, 0.3) is 0 Å². The number of rotatable bonds is 4. The van der Waals surface area contributed by atoms with Crippen LogP contribution in [0.4, 0.5) is 0 Å². The van der Waals surface area contributed by atoms with E-state index in [4.69, 9.17) is 23.2 Å². The summed E-state index contributed by atoms with van der Waals surface area (Å²) in [4.78, 5) is 12.2. The van der Waals surface area contributed by atoms with Gasteiger partial charge in [0, 0.05) is 15.5 Å². The minimum Gasteiger partial charge on any atom is -0.340 e. The van der Waals surface area contributed by atoms with E-state index in [0.717, 1.165) is 25.7 Å². The number of nitriles is 1. The molecule has 1 atom stereocenters. The van der Waals surface area contributed by atoms with E-state index >= 15 is 0 Å². The van der Waals surface area contributed by atoms with Crippen molar-refractivity contribution in [1.82, 2.24) is 5.32 Å². The predicted molar refractivity (Wildman–Crippen MR) is 88.9 cm³/mol. The van der Waals surface area contributed by atoms with Gasteiger partial charge in [-0.15, -0.1) is 0 Å². The first kappa shape index (κ1) is 17.1. The molecule has 0 heterocycles. The van der Waals surface area contributed by atoms with E-state index in [-0.39, 0.29) is 17.7 Å². The number of nitrogens with zero attached hydrogens (tertiary/aromatic N) is 1. The van der Waals surface area contributed by atoms with Crippen LogP contribution in [0.15, 0.2) is 18.2 Å². The summed E-state index contributed by atoms with van der Waals surface area (Å²) in [6.45, 7) is 2.09. The first-order valence-electron chi connectivity index (χ1n) is 7.57. The van der Waals surface area contributed by atoms with Gasteiger partial charge in [-0.2, -0.15) is 5.26 Å². The molecular formula is C17H20Cl2N2O. The fourth-order valence-electron chi connectivity index (χ4n) is 3.06. The van der Waals surface area contributed by atoms with Crippen molar-refractivity contribution in [2.45, 2.75) is 51.5 Å². The average Bonchev–Trinajstić information content (AvgIpc) is 2.48. The molecule has 118 valence electrons. The summed E-state index contributed by atoms with van der Waals surface area (Å²) in [6, 6.07) is 6.89. The quantitative estimate of drug-likeness (QED) is 0.877. The molecule has 3 nitrogen and oxygen atoms in total. The van der Waals surface area contributed by atoms with Crippen LogP contribution in [0.5, 0.6) is 0 Å². The van der Waals surface area contributed by atoms with Crippen molar-refractivity contribution >= 4 is 29.1 Å². The Morgan fingerprint density at radius 2 is 2.05 bits per heavy atom. The number of halogens is 2. The van der Waals surface area contributed by atoms with Crippen LogP contribution >= 0.6 is 23.2 Å². The summed E-state index contributed by atoms with van der Waals surface area (Å²) in [5, 5.41) is 13.3. The molecule has 1 saturated carbocycles. The molecule has 2 rings (SSSR count). The first-order valence-corrected chi connectivity index (χ1v) is 8.33. The Labute approximate surface area is 141 Å². The zero-order chi connectivity index (χ0) is 16.2. The molecule has 0 saturated heterocycles. The van der Waals surface area contributed by atoms with Gasteiger partial charge in [-0.05, 0) is 30.5 Å². The Hall–Kier alpha value is -1.24. The maximum Gasteiger partial charge on any atom is 0.225 e. The fourth-order valence-corrected chi connectivity index (χ4v) is 3.54. The summed E-state index contributed by atoms with van der Waals surface area (Å²) in [5.41, 5.74) is 0.584. The second kappa shape index (κ2) is 7.35. The number of hydrogen-bond acceptors (Lipinski definition) is 2. The first-order chi connectivity index (χ1) is 10.4. The van der Waals surface area contributed by atoms with Gasteiger partial charge in [0.25, 0.3) is 0 Å². The lowest BCUT2D eigenvalue weighted by molar-refractivity contribution is -0.121. The van der Waals surface area contributed by atoms with E-state index in [1.807, 2.05) is 0 Å². The Morgan fingerprint density at radius 3 is 2.64 bits per heavy atom. The highest BCUT2D eigenvalue weighted by Gasteiger charge is 2.36. The lowest BCUT2D eigenvalue weighted by Gasteiger charge is -2.37. The van der Waals surface area contributed by atoms with E-state index in [9.17, 15) is 10.1 Å². The Bertz CT molecular complexity index is 589. The largest absolute Gasteiger partial charge is 0.340 e. The van der Waals surface area contributed by atoms with Gasteiger partial charge >= 0.3 is 0 Å². The van der Waals surface area contributed by atoms with E-state index in [0.29, 0.717) is 15.6 Å². The molecule has 0 radical (unpaired) electrons. The predicted octanol–water partition coefficient (Wildman–Crippen LogP) is 4.51. The molecule has 1 fully saturated rings. The number of carbonyl (C=O) groups is 1. The zero-order valence-electron chi connectivity index (χ0n) is 12.7. The van der Waals surface area contributed by atoms with Gasteiger partial charge in [0.1, 0.15) is 6.04 Å². The van der Waals surface area contributed by atoms with E-state index in [1.54, 1.807) is 18.2 Å². The van der Waals surface area contributed by atoms with E-state index in [2.05, 4.69) is 18.3 Å². The average molecular weight is 339 g/mol. The second-order valence-corrected chi connectivity index (χ2v) is 7.10. The van der Waals surface area contributed by atoms with Gasteiger partial charge < -0.3 is 5.32 Å². The smallest absolute Gasteiger partial charge is 0.225 e. The van der Waals surface area contributed by atoms with Gasteiger partial charge in [-0.25, -0.2) is 0 Å². The number of hydrogen-bond donors (Lipinski definition) is 1. The Morgan fingerprint density at radius 1 is 1.36 bits per heavy atom. The van der Waals surface area contributed by atoms with Crippen LogP contribution in [0.3, 0.4) is 0 Å². The van der Waals surface area contributed by atoms with Crippen LogP contribution in [-0.2, 0) is 11.2 Å². The minimum atomic E-state index is -0.452. The van der Waals surface area contributed by atoms with Crippen molar-refractivity contribution in [3.05, 3.63) is 33.8 Å². The summed E-state index contributed by atoms with van der Waals surface area (Å²) in [7, 11) is 0. The fraction of sp³-hybridized carbons (Fsp3) is 0.529. The molecular weight excluding hydrogens is 319 g/mol. The van der Waals surface area contributed by atoms with Crippen LogP contribution in [0.2, 0.25) is 10.0 Å². The van der Waals surface area contributed by atoms with Crippen molar-refractivity contribution in [2.24, 2.45) is 5.41 Å². The summed E-state index contributed by atoms with van der Waals surface area (Å²) < 4.78 is 0. The summed E-state index contributed by atoms with van der Waals surface area (Å²) in [5.74, 6) is -0.178. The molecule has 1 aromatic rings. The molecule has 1 aliphatic carbocycles. The SMILES string of the molecule is CC1(C(C#N)NC(=O)Cc2ccc(Cl)cc2Cl)CCCCC1. The lowest BCUT2D eigenvalue weighted by atomic mass is 9.71. The van der Waals surface area contributed by atoms with Gasteiger partial charge in [-0.1, -0.05) is 55.5 Å². The van der Waals surface area contributed by atoms with E-state index < -0.39 is 6.04 Å². The Balaban J connectivity index is 2.02. The molecule has 1 amide bonds. The monoisotopic (exact) mass is 338 g/mol. The lowest BCUT2D eigenvalue weighted by Crippen LogP contribution is -2.47. The third kappa shape index (κ3) is 4.15. The van der Waals surface area contributed by atoms with E-state index in [1.165, 1.54) is 6.42 Å². The normalized spacial score (nSPS) is 18.3. The standard InChI is InChI=1S/C17H20Cl2N2O/c1-17(7-3-2-4-8-17)15(11-20)21-16(22)9-12-5-6-13(18)10-14(12)19/h5-6,10,15H,2-4,7-9H2,1H3,(H,21,22). The van der Waals surface area contributed by atoms with Gasteiger partial charge in [0.15, 0.2) is 0 Å².